The molecule has 4 rings (SSSR count). The summed E-state index contributed by atoms with van der Waals surface area (Å²) in [6.07, 6.45) is 9.98. The summed E-state index contributed by atoms with van der Waals surface area (Å²) in [4.78, 5) is 40.4. The van der Waals surface area contributed by atoms with E-state index in [1.165, 1.54) is 11.3 Å². The molecule has 3 N–H and O–H groups in total. The quantitative estimate of drug-likeness (QED) is 0.783. The van der Waals surface area contributed by atoms with Crippen LogP contribution in [0.1, 0.15) is 72.2 Å². The Morgan fingerprint density at radius 3 is 2.41 bits per heavy atom. The Morgan fingerprint density at radius 1 is 1.04 bits per heavy atom. The summed E-state index contributed by atoms with van der Waals surface area (Å²) in [5.41, 5.74) is 7.09. The minimum Gasteiger partial charge on any atom is -0.365 e. The molecule has 0 spiro atoms. The molecular weight excluding hydrogens is 362 g/mol. The zero-order valence-corrected chi connectivity index (χ0v) is 16.4. The molecular formula is C20H27N3O3S. The SMILES string of the molecule is NC(=O)c1c(NC(=O)CN(C(=O)C2CC2)C2CCCC2)sc2c1CCCC2. The number of nitrogens with zero attached hydrogens (tertiary/aromatic N) is 1. The molecule has 2 saturated carbocycles. The van der Waals surface area contributed by atoms with Crippen LogP contribution >= 0.6 is 11.3 Å². The van der Waals surface area contributed by atoms with Crippen LogP contribution in [0.25, 0.3) is 0 Å². The Labute approximate surface area is 163 Å². The molecule has 7 heteroatoms. The second-order valence-corrected chi connectivity index (χ2v) is 9.11. The van der Waals surface area contributed by atoms with Crippen molar-refractivity contribution in [1.29, 1.82) is 0 Å². The summed E-state index contributed by atoms with van der Waals surface area (Å²) in [6.45, 7) is 0.0702. The number of primary amides is 1. The first kappa shape index (κ1) is 18.5. The highest BCUT2D eigenvalue weighted by atomic mass is 32.1. The summed E-state index contributed by atoms with van der Waals surface area (Å²) in [5.74, 6) is -0.477. The van der Waals surface area contributed by atoms with Gasteiger partial charge in [-0.25, -0.2) is 0 Å². The van der Waals surface area contributed by atoms with Gasteiger partial charge in [-0.2, -0.15) is 0 Å². The van der Waals surface area contributed by atoms with E-state index >= 15 is 0 Å². The van der Waals surface area contributed by atoms with Gasteiger partial charge in [0.1, 0.15) is 11.5 Å². The van der Waals surface area contributed by atoms with E-state index in [1.807, 2.05) is 0 Å². The van der Waals surface area contributed by atoms with Crippen LogP contribution in [-0.2, 0) is 22.4 Å². The van der Waals surface area contributed by atoms with Gasteiger partial charge in [0.2, 0.25) is 11.8 Å². The maximum Gasteiger partial charge on any atom is 0.251 e. The fourth-order valence-corrected chi connectivity index (χ4v) is 5.71. The first-order chi connectivity index (χ1) is 13.0. The first-order valence-electron chi connectivity index (χ1n) is 10.1. The lowest BCUT2D eigenvalue weighted by atomic mass is 9.95. The van der Waals surface area contributed by atoms with Crippen molar-refractivity contribution in [3.8, 4) is 0 Å². The van der Waals surface area contributed by atoms with Gasteiger partial charge in [0, 0.05) is 16.8 Å². The van der Waals surface area contributed by atoms with Crippen LogP contribution in [0.3, 0.4) is 0 Å². The number of carbonyl (C=O) groups is 3. The van der Waals surface area contributed by atoms with Crippen molar-refractivity contribution in [2.24, 2.45) is 11.7 Å². The summed E-state index contributed by atoms with van der Waals surface area (Å²) in [6, 6.07) is 0.177. The van der Waals surface area contributed by atoms with E-state index in [1.54, 1.807) is 4.90 Å². The largest absolute Gasteiger partial charge is 0.365 e. The molecule has 1 aromatic heterocycles. The predicted octanol–water partition coefficient (Wildman–Crippen LogP) is 2.85. The summed E-state index contributed by atoms with van der Waals surface area (Å²) in [5, 5.41) is 3.46. The van der Waals surface area contributed by atoms with E-state index < -0.39 is 5.91 Å². The average molecular weight is 390 g/mol. The van der Waals surface area contributed by atoms with E-state index in [9.17, 15) is 14.4 Å². The number of carbonyl (C=O) groups excluding carboxylic acids is 3. The summed E-state index contributed by atoms with van der Waals surface area (Å²) < 4.78 is 0. The van der Waals surface area contributed by atoms with Crippen LogP contribution in [0.4, 0.5) is 5.00 Å². The lowest BCUT2D eigenvalue weighted by molar-refractivity contribution is -0.138. The van der Waals surface area contributed by atoms with Crippen molar-refractivity contribution >= 4 is 34.1 Å². The molecule has 0 atom stereocenters. The molecule has 0 aliphatic heterocycles. The van der Waals surface area contributed by atoms with E-state index in [0.29, 0.717) is 10.6 Å². The summed E-state index contributed by atoms with van der Waals surface area (Å²) >= 11 is 1.47. The Kier molecular flexibility index (Phi) is 5.21. The predicted molar refractivity (Wildman–Crippen MR) is 105 cm³/mol. The lowest BCUT2D eigenvalue weighted by Gasteiger charge is -2.28. The molecule has 0 aromatic carbocycles. The van der Waals surface area contributed by atoms with E-state index in [2.05, 4.69) is 5.32 Å². The van der Waals surface area contributed by atoms with Crippen LogP contribution in [0, 0.1) is 5.92 Å². The Balaban J connectivity index is 1.50. The van der Waals surface area contributed by atoms with Gasteiger partial charge in [-0.3, -0.25) is 14.4 Å². The molecule has 1 heterocycles. The number of fused-ring (bicyclic) bond motifs is 1. The standard InChI is InChI=1S/C20H27N3O3S/c21-18(25)17-14-7-3-4-8-15(14)27-19(17)22-16(24)11-23(13-5-1-2-6-13)20(26)12-9-10-12/h12-13H,1-11H2,(H2,21,25)(H,22,24). The number of nitrogens with one attached hydrogen (secondary N) is 1. The van der Waals surface area contributed by atoms with Crippen LogP contribution in [0.15, 0.2) is 0 Å². The number of anilines is 1. The van der Waals surface area contributed by atoms with Crippen LogP contribution in [0.2, 0.25) is 0 Å². The summed E-state index contributed by atoms with van der Waals surface area (Å²) in [7, 11) is 0. The van der Waals surface area contributed by atoms with Crippen molar-refractivity contribution in [2.75, 3.05) is 11.9 Å². The van der Waals surface area contributed by atoms with E-state index in [-0.39, 0.29) is 30.3 Å². The molecule has 1 aromatic rings. The first-order valence-corrected chi connectivity index (χ1v) is 10.9. The van der Waals surface area contributed by atoms with E-state index in [0.717, 1.165) is 74.6 Å². The van der Waals surface area contributed by atoms with Crippen molar-refractivity contribution in [3.63, 3.8) is 0 Å². The normalized spacial score (nSPS) is 19.6. The molecule has 0 unspecified atom stereocenters. The number of rotatable bonds is 6. The van der Waals surface area contributed by atoms with Crippen molar-refractivity contribution in [2.45, 2.75) is 70.3 Å². The maximum absolute atomic E-state index is 12.8. The highest BCUT2D eigenvalue weighted by molar-refractivity contribution is 7.17. The van der Waals surface area contributed by atoms with Gasteiger partial charge in [-0.1, -0.05) is 12.8 Å². The maximum atomic E-state index is 12.8. The minimum atomic E-state index is -0.480. The zero-order chi connectivity index (χ0) is 19.0. The Bertz CT molecular complexity index is 763. The monoisotopic (exact) mass is 389 g/mol. The molecule has 0 bridgehead atoms. The molecule has 6 nitrogen and oxygen atoms in total. The van der Waals surface area contributed by atoms with Gasteiger partial charge < -0.3 is 16.0 Å². The van der Waals surface area contributed by atoms with Crippen molar-refractivity contribution < 1.29 is 14.4 Å². The van der Waals surface area contributed by atoms with Crippen LogP contribution < -0.4 is 11.1 Å². The molecule has 2 fully saturated rings. The van der Waals surface area contributed by atoms with Gasteiger partial charge >= 0.3 is 0 Å². The Hall–Kier alpha value is -1.89. The third kappa shape index (κ3) is 3.88. The van der Waals surface area contributed by atoms with Gasteiger partial charge in [-0.15, -0.1) is 11.3 Å². The lowest BCUT2D eigenvalue weighted by Crippen LogP contribution is -2.44. The van der Waals surface area contributed by atoms with Crippen molar-refractivity contribution in [1.82, 2.24) is 4.90 Å². The highest BCUT2D eigenvalue weighted by Crippen LogP contribution is 2.38. The molecule has 27 heavy (non-hydrogen) atoms. The van der Waals surface area contributed by atoms with Crippen molar-refractivity contribution in [3.05, 3.63) is 16.0 Å². The van der Waals surface area contributed by atoms with Gasteiger partial charge in [0.25, 0.3) is 5.91 Å². The topological polar surface area (TPSA) is 92.5 Å². The van der Waals surface area contributed by atoms with Crippen LogP contribution in [0.5, 0.6) is 0 Å². The zero-order valence-electron chi connectivity index (χ0n) is 15.6. The number of amides is 3. The fourth-order valence-electron chi connectivity index (χ4n) is 4.40. The number of hydrogen-bond donors (Lipinski definition) is 2. The smallest absolute Gasteiger partial charge is 0.251 e. The molecule has 3 aliphatic carbocycles. The Morgan fingerprint density at radius 2 is 1.74 bits per heavy atom. The number of hydrogen-bond acceptors (Lipinski definition) is 4. The minimum absolute atomic E-state index is 0.0702. The van der Waals surface area contributed by atoms with Gasteiger partial charge in [-0.05, 0) is 56.9 Å². The molecule has 3 amide bonds. The second-order valence-electron chi connectivity index (χ2n) is 8.01. The number of thiophene rings is 1. The number of aryl methyl sites for hydroxylation is 1. The molecule has 0 radical (unpaired) electrons. The molecule has 146 valence electrons. The van der Waals surface area contributed by atoms with Gasteiger partial charge in [0.05, 0.1) is 5.56 Å². The molecule has 3 aliphatic rings. The molecule has 0 saturated heterocycles. The van der Waals surface area contributed by atoms with Crippen LogP contribution in [-0.4, -0.2) is 35.2 Å². The fraction of sp³-hybridized carbons (Fsp3) is 0.650. The number of nitrogens with two attached hydrogens (primary N) is 1. The third-order valence-corrected chi connectivity index (χ3v) is 7.17. The van der Waals surface area contributed by atoms with E-state index in [4.69, 9.17) is 5.73 Å². The average Bonchev–Trinajstić information content (AvgIpc) is 3.22. The highest BCUT2D eigenvalue weighted by Gasteiger charge is 2.38. The second kappa shape index (κ2) is 7.62. The third-order valence-electron chi connectivity index (χ3n) is 5.96. The van der Waals surface area contributed by atoms with Gasteiger partial charge in [0.15, 0.2) is 0 Å².